The van der Waals surface area contributed by atoms with Crippen LogP contribution < -0.4 is 0 Å². The lowest BCUT2D eigenvalue weighted by Crippen LogP contribution is -2.25. The first kappa shape index (κ1) is 34.3. The van der Waals surface area contributed by atoms with Gasteiger partial charge < -0.3 is 28.4 Å². The Kier molecular flexibility index (Phi) is 21.2. The second kappa shape index (κ2) is 22.2. The maximum atomic E-state index is 5.79. The van der Waals surface area contributed by atoms with Gasteiger partial charge in [0.2, 0.25) is 8.77 Å². The molecule has 0 saturated carbocycles. The maximum absolute atomic E-state index is 5.79. The number of unbranched alkanes of at least 4 members (excludes halogenated alkanes) is 2. The van der Waals surface area contributed by atoms with Crippen molar-refractivity contribution in [1.82, 2.24) is 0 Å². The average Bonchev–Trinajstić information content (AvgIpc) is 3.49. The zero-order valence-corrected chi connectivity index (χ0v) is 26.1. The third-order valence-electron chi connectivity index (χ3n) is 5.68. The average molecular weight is 585 g/mol. The number of hydrogen-bond donors (Lipinski definition) is 0. The van der Waals surface area contributed by atoms with Crippen LogP contribution in [0.4, 0.5) is 0 Å². The van der Waals surface area contributed by atoms with Gasteiger partial charge in [-0.25, -0.2) is 0 Å². The molecule has 6 nitrogen and oxygen atoms in total. The van der Waals surface area contributed by atoms with Crippen LogP contribution in [0.2, 0.25) is 0 Å². The summed E-state index contributed by atoms with van der Waals surface area (Å²) in [5.41, 5.74) is 0. The molecule has 2 fully saturated rings. The maximum Gasteiger partial charge on any atom is 0.220 e. The van der Waals surface area contributed by atoms with Gasteiger partial charge in [0.25, 0.3) is 0 Å². The fourth-order valence-electron chi connectivity index (χ4n) is 3.33. The van der Waals surface area contributed by atoms with Crippen LogP contribution in [0.15, 0.2) is 0 Å². The largest absolute Gasteiger partial charge is 0.472 e. The predicted octanol–water partition coefficient (Wildman–Crippen LogP) is 6.67. The summed E-state index contributed by atoms with van der Waals surface area (Å²) in [6.45, 7) is 14.9. The fraction of sp³-hybridized carbons (Fsp3) is 0.923. The van der Waals surface area contributed by atoms with E-state index < -0.39 is 0 Å². The minimum atomic E-state index is 0.112. The van der Waals surface area contributed by atoms with Gasteiger partial charge >= 0.3 is 0 Å². The highest BCUT2D eigenvalue weighted by molar-refractivity contribution is 8.23. The van der Waals surface area contributed by atoms with Crippen molar-refractivity contribution in [2.45, 2.75) is 97.6 Å². The highest BCUT2D eigenvalue weighted by Gasteiger charge is 2.23. The summed E-state index contributed by atoms with van der Waals surface area (Å²) < 4.78 is 34.7. The van der Waals surface area contributed by atoms with Crippen molar-refractivity contribution in [2.75, 3.05) is 51.1 Å². The number of thiocarbonyl (C=S) groups is 2. The van der Waals surface area contributed by atoms with E-state index in [2.05, 4.69) is 20.8 Å². The topological polar surface area (TPSA) is 55.4 Å². The van der Waals surface area contributed by atoms with Crippen LogP contribution in [0.25, 0.3) is 0 Å². The van der Waals surface area contributed by atoms with E-state index in [0.717, 1.165) is 31.1 Å². The zero-order valence-electron chi connectivity index (χ0n) is 22.9. The van der Waals surface area contributed by atoms with E-state index in [-0.39, 0.29) is 24.4 Å². The minimum absolute atomic E-state index is 0.112. The van der Waals surface area contributed by atoms with Gasteiger partial charge in [0, 0.05) is 24.7 Å². The molecule has 2 saturated heterocycles. The van der Waals surface area contributed by atoms with Gasteiger partial charge in [-0.2, -0.15) is 0 Å². The van der Waals surface area contributed by atoms with Gasteiger partial charge in [-0.05, 0) is 57.0 Å². The molecule has 2 heterocycles. The number of thioether (sulfide) groups is 2. The number of rotatable bonds is 19. The summed E-state index contributed by atoms with van der Waals surface area (Å²) in [6, 6.07) is 0. The summed E-state index contributed by atoms with van der Waals surface area (Å²) in [4.78, 5) is 0. The van der Waals surface area contributed by atoms with E-state index in [9.17, 15) is 0 Å². The molecule has 0 bridgehead atoms. The molecule has 212 valence electrons. The molecule has 0 spiro atoms. The second-order valence-corrected chi connectivity index (χ2v) is 12.5. The van der Waals surface area contributed by atoms with Crippen LogP contribution in [0, 0.1) is 5.92 Å². The van der Waals surface area contributed by atoms with Crippen LogP contribution in [-0.4, -0.2) is 84.3 Å². The van der Waals surface area contributed by atoms with E-state index in [4.69, 9.17) is 52.9 Å². The van der Waals surface area contributed by atoms with Crippen molar-refractivity contribution in [1.29, 1.82) is 0 Å². The Hall–Kier alpha value is 0.320. The Balaban J connectivity index is 0.000000369. The first-order chi connectivity index (χ1) is 17.4. The smallest absolute Gasteiger partial charge is 0.220 e. The molecule has 0 aliphatic carbocycles. The number of ether oxygens (including phenoxy) is 6. The lowest BCUT2D eigenvalue weighted by Gasteiger charge is -2.19. The van der Waals surface area contributed by atoms with Gasteiger partial charge in [-0.1, -0.05) is 70.0 Å². The Morgan fingerprint density at radius 3 is 1.78 bits per heavy atom. The molecule has 0 amide bonds. The highest BCUT2D eigenvalue weighted by atomic mass is 32.2. The monoisotopic (exact) mass is 584 g/mol. The molecule has 0 N–H and O–H groups in total. The third kappa shape index (κ3) is 17.8. The number of hydrogen-bond acceptors (Lipinski definition) is 10. The second-order valence-electron chi connectivity index (χ2n) is 9.27. The first-order valence-electron chi connectivity index (χ1n) is 13.4. The Labute approximate surface area is 239 Å². The van der Waals surface area contributed by atoms with E-state index in [1.165, 1.54) is 32.1 Å². The SMILES string of the molecule is CCCCC(CC)COCC(C)OCC1CSC(=S)O1.CCCCOCC(C)OCC1CSC(=S)O1. The molecule has 2 aliphatic rings. The molecule has 2 rings (SSSR count). The first-order valence-corrected chi connectivity index (χ1v) is 16.2. The molecule has 5 atom stereocenters. The molecule has 5 unspecified atom stereocenters. The third-order valence-corrected chi connectivity index (χ3v) is 8.32. The standard InChI is InChI=1S/C15H28O3S2.C11H20O3S2/c1-4-6-7-13(5-2)9-16-8-12(3)17-10-14-11-20-15(19)18-14;1-3-4-5-12-6-9(2)13-7-10-8-16-11(15)14-10/h12-14H,4-11H2,1-3H3;9-10H,3-8H2,1-2H3. The molecule has 2 aliphatic heterocycles. The minimum Gasteiger partial charge on any atom is -0.472 e. The molecule has 0 aromatic heterocycles. The lowest BCUT2D eigenvalue weighted by atomic mass is 10.0. The molecule has 0 aromatic carbocycles. The van der Waals surface area contributed by atoms with Crippen molar-refractivity contribution in [3.63, 3.8) is 0 Å². The molecule has 10 heteroatoms. The quantitative estimate of drug-likeness (QED) is 0.122. The highest BCUT2D eigenvalue weighted by Crippen LogP contribution is 2.21. The Morgan fingerprint density at radius 1 is 0.806 bits per heavy atom. The van der Waals surface area contributed by atoms with E-state index in [0.29, 0.717) is 41.1 Å². The van der Waals surface area contributed by atoms with Gasteiger partial charge in [0.15, 0.2) is 0 Å². The van der Waals surface area contributed by atoms with Crippen molar-refractivity contribution in [3.8, 4) is 0 Å². The van der Waals surface area contributed by atoms with E-state index in [1.807, 2.05) is 13.8 Å². The summed E-state index contributed by atoms with van der Waals surface area (Å²) in [5.74, 6) is 2.50. The molecule has 36 heavy (non-hydrogen) atoms. The van der Waals surface area contributed by atoms with Crippen molar-refractivity contribution in [3.05, 3.63) is 0 Å². The van der Waals surface area contributed by atoms with Crippen LogP contribution in [0.5, 0.6) is 0 Å². The molecular formula is C26H48O6S4. The van der Waals surface area contributed by atoms with Crippen molar-refractivity contribution in [2.24, 2.45) is 5.92 Å². The van der Waals surface area contributed by atoms with Crippen molar-refractivity contribution < 1.29 is 28.4 Å². The normalized spacial score (nSPS) is 21.9. The Morgan fingerprint density at radius 2 is 1.33 bits per heavy atom. The van der Waals surface area contributed by atoms with E-state index >= 15 is 0 Å². The summed E-state index contributed by atoms with van der Waals surface area (Å²) in [7, 11) is 0. The summed E-state index contributed by atoms with van der Waals surface area (Å²) >= 11 is 13.1. The molecular weight excluding hydrogens is 537 g/mol. The molecule has 0 aromatic rings. The predicted molar refractivity (Wildman–Crippen MR) is 161 cm³/mol. The van der Waals surface area contributed by atoms with Crippen LogP contribution in [0.3, 0.4) is 0 Å². The Bertz CT molecular complexity index is 583. The van der Waals surface area contributed by atoms with Gasteiger partial charge in [0.05, 0.1) is 38.6 Å². The van der Waals surface area contributed by atoms with Crippen LogP contribution in [-0.2, 0) is 28.4 Å². The van der Waals surface area contributed by atoms with Crippen LogP contribution in [0.1, 0.15) is 73.1 Å². The summed E-state index contributed by atoms with van der Waals surface area (Å²) in [6.07, 6.45) is 7.78. The van der Waals surface area contributed by atoms with Gasteiger partial charge in [-0.15, -0.1) is 0 Å². The van der Waals surface area contributed by atoms with Gasteiger partial charge in [0.1, 0.15) is 12.2 Å². The summed E-state index contributed by atoms with van der Waals surface area (Å²) in [5, 5.41) is 0. The van der Waals surface area contributed by atoms with Crippen LogP contribution >= 0.6 is 48.0 Å². The van der Waals surface area contributed by atoms with Crippen molar-refractivity contribution >= 4 is 56.7 Å². The fourth-order valence-corrected chi connectivity index (χ4v) is 5.39. The van der Waals surface area contributed by atoms with E-state index in [1.54, 1.807) is 23.5 Å². The zero-order chi connectivity index (χ0) is 26.6. The van der Waals surface area contributed by atoms with Gasteiger partial charge in [-0.3, -0.25) is 0 Å². The lowest BCUT2D eigenvalue weighted by molar-refractivity contribution is -0.0371. The molecule has 0 radical (unpaired) electrons.